The molecular weight excluding hydrogens is 798 g/mol. The Balaban J connectivity index is 0.000000831. The van der Waals surface area contributed by atoms with Crippen LogP contribution in [0.5, 0.6) is 0 Å². The molecule has 53 heavy (non-hydrogen) atoms. The molecule has 8 bridgehead atoms. The van der Waals surface area contributed by atoms with Crippen molar-refractivity contribution in [2.24, 2.45) is 0 Å². The zero-order valence-corrected chi connectivity index (χ0v) is 30.9. The van der Waals surface area contributed by atoms with E-state index in [1.807, 2.05) is 24.3 Å². The van der Waals surface area contributed by atoms with Gasteiger partial charge in [-0.3, -0.25) is 4.79 Å². The van der Waals surface area contributed by atoms with Gasteiger partial charge in [0.2, 0.25) is 0 Å². The topological polar surface area (TPSA) is 91.3 Å². The number of carboxylic acids is 1. The Bertz CT molecular complexity index is 2290. The molecule has 7 aromatic rings. The number of fused-ring (bicyclic) bond motifs is 8. The Labute approximate surface area is 339 Å². The Hall–Kier alpha value is -5.73. The van der Waals surface area contributed by atoms with Gasteiger partial charge in [-0.1, -0.05) is 146 Å². The van der Waals surface area contributed by atoms with Gasteiger partial charge in [-0.25, -0.2) is 9.97 Å². The molecule has 2 aliphatic heterocycles. The molecule has 0 spiro atoms. The first kappa shape index (κ1) is 35.7. The molecule has 5 heterocycles. The van der Waals surface area contributed by atoms with Gasteiger partial charge in [-0.15, -0.1) is 22.1 Å². The normalized spacial score (nSPS) is 11.3. The number of rotatable bonds is 4. The third-order valence-electron chi connectivity index (χ3n) is 8.86. The van der Waals surface area contributed by atoms with Crippen molar-refractivity contribution in [3.8, 4) is 44.5 Å². The molecule has 0 aliphatic carbocycles. The molecule has 9 rings (SSSR count). The largest absolute Gasteiger partial charge is 2.00 e. The zero-order chi connectivity index (χ0) is 35.4. The third-order valence-corrected chi connectivity index (χ3v) is 8.86. The molecule has 256 valence electrons. The molecule has 2 aliphatic rings. The Morgan fingerprint density at radius 1 is 0.415 bits per heavy atom. The van der Waals surface area contributed by atoms with Gasteiger partial charge in [0.05, 0.1) is 22.8 Å². The number of hydrogen-bond donors (Lipinski definition) is 1. The Kier molecular flexibility index (Phi) is 10.7. The summed E-state index contributed by atoms with van der Waals surface area (Å²) < 4.78 is 0. The van der Waals surface area contributed by atoms with Gasteiger partial charge in [0, 0.05) is 6.92 Å². The van der Waals surface area contributed by atoms with E-state index in [1.54, 1.807) is 0 Å². The number of aromatic nitrogens is 4. The van der Waals surface area contributed by atoms with Crippen molar-refractivity contribution in [2.45, 2.75) is 6.92 Å². The van der Waals surface area contributed by atoms with Crippen molar-refractivity contribution in [3.63, 3.8) is 0 Å². The first-order valence-corrected chi connectivity index (χ1v) is 17.0. The van der Waals surface area contributed by atoms with Crippen molar-refractivity contribution in [3.05, 3.63) is 168 Å². The molecule has 0 unspecified atom stereocenters. The van der Waals surface area contributed by atoms with Crippen LogP contribution in [0.1, 0.15) is 29.7 Å². The first-order chi connectivity index (χ1) is 25.5. The van der Waals surface area contributed by atoms with E-state index in [9.17, 15) is 0 Å². The van der Waals surface area contributed by atoms with Crippen LogP contribution in [0.25, 0.3) is 90.9 Å². The Morgan fingerprint density at radius 2 is 0.623 bits per heavy atom. The number of carboxylic acid groups (broad SMARTS) is 1. The van der Waals surface area contributed by atoms with Gasteiger partial charge in [0.1, 0.15) is 0 Å². The van der Waals surface area contributed by atoms with E-state index >= 15 is 0 Å². The molecular formula is C46H32GdN4O2. The molecule has 0 fully saturated rings. The fraction of sp³-hybridized carbons (Fsp3) is 0.0217. The van der Waals surface area contributed by atoms with Gasteiger partial charge in [0.15, 0.2) is 0 Å². The number of hydrogen-bond acceptors (Lipinski definition) is 3. The molecule has 4 aromatic carbocycles. The maximum Gasteiger partial charge on any atom is 2.00 e. The van der Waals surface area contributed by atoms with Gasteiger partial charge < -0.3 is 15.1 Å². The van der Waals surface area contributed by atoms with Crippen LogP contribution in [0.3, 0.4) is 0 Å². The van der Waals surface area contributed by atoms with Crippen molar-refractivity contribution in [2.75, 3.05) is 0 Å². The van der Waals surface area contributed by atoms with E-state index in [0.717, 1.165) is 96.3 Å². The van der Waals surface area contributed by atoms with Crippen LogP contribution < -0.4 is 9.97 Å². The maximum absolute atomic E-state index is 9.00. The molecule has 0 saturated carbocycles. The number of benzene rings is 4. The standard InChI is InChI=1S/C44H28N4.C2H4O2.Gd/c1-5-13-29(14-6-1)41-33-21-23-35(45-33)42(30-15-7-2-8-16-30)37-25-27-39(47-37)44(32-19-11-4-12-20-32)40-28-26-38(48-40)43(31-17-9-3-10-18-31)36-24-22-34(41)46-36;1-2(3)4;/h1-28H;1H3,(H,3,4);/q-2;;+2. The molecule has 0 radical (unpaired) electrons. The quantitative estimate of drug-likeness (QED) is 0.190. The number of carbonyl (C=O) groups is 1. The van der Waals surface area contributed by atoms with E-state index in [2.05, 4.69) is 146 Å². The summed E-state index contributed by atoms with van der Waals surface area (Å²) in [5.74, 6) is -0.833. The first-order valence-electron chi connectivity index (χ1n) is 17.0. The average Bonchev–Trinajstić information content (AvgIpc) is 4.01. The summed E-state index contributed by atoms with van der Waals surface area (Å²) in [6, 6.07) is 50.0. The number of aliphatic carboxylic acids is 1. The van der Waals surface area contributed by atoms with Gasteiger partial charge in [-0.05, 0) is 68.8 Å². The van der Waals surface area contributed by atoms with Gasteiger partial charge in [-0.2, -0.15) is 0 Å². The molecule has 7 heteroatoms. The summed E-state index contributed by atoms with van der Waals surface area (Å²) in [4.78, 5) is 30.2. The van der Waals surface area contributed by atoms with E-state index < -0.39 is 5.97 Å². The van der Waals surface area contributed by atoms with Crippen molar-refractivity contribution in [1.29, 1.82) is 0 Å². The van der Waals surface area contributed by atoms with E-state index in [0.29, 0.717) is 0 Å². The average molecular weight is 830 g/mol. The molecule has 3 aromatic heterocycles. The van der Waals surface area contributed by atoms with Crippen LogP contribution in [0.4, 0.5) is 0 Å². The minimum Gasteiger partial charge on any atom is -0.657 e. The smallest absolute Gasteiger partial charge is 0.657 e. The summed E-state index contributed by atoms with van der Waals surface area (Å²) in [5.41, 5.74) is 15.0. The van der Waals surface area contributed by atoms with Crippen molar-refractivity contribution < 1.29 is 49.8 Å². The summed E-state index contributed by atoms with van der Waals surface area (Å²) in [7, 11) is 0. The van der Waals surface area contributed by atoms with Crippen molar-refractivity contribution in [1.82, 2.24) is 19.9 Å². The van der Waals surface area contributed by atoms with E-state index in [1.165, 1.54) is 0 Å². The Morgan fingerprint density at radius 3 is 0.830 bits per heavy atom. The molecule has 0 saturated heterocycles. The van der Waals surface area contributed by atoms with Crippen LogP contribution in [0.2, 0.25) is 0 Å². The fourth-order valence-electron chi connectivity index (χ4n) is 6.69. The summed E-state index contributed by atoms with van der Waals surface area (Å²) in [6.45, 7) is 1.08. The maximum atomic E-state index is 9.00. The minimum absolute atomic E-state index is 0. The monoisotopic (exact) mass is 830 g/mol. The summed E-state index contributed by atoms with van der Waals surface area (Å²) in [5, 5.41) is 7.42. The summed E-state index contributed by atoms with van der Waals surface area (Å²) in [6.07, 6.45) is 8.41. The summed E-state index contributed by atoms with van der Waals surface area (Å²) >= 11 is 0. The molecule has 1 N–H and O–H groups in total. The van der Waals surface area contributed by atoms with Crippen LogP contribution in [0, 0.1) is 39.9 Å². The molecule has 0 atom stereocenters. The second kappa shape index (κ2) is 15.9. The second-order valence-electron chi connectivity index (χ2n) is 12.3. The third kappa shape index (κ3) is 7.46. The van der Waals surface area contributed by atoms with Crippen LogP contribution in [-0.4, -0.2) is 21.0 Å². The van der Waals surface area contributed by atoms with Crippen LogP contribution >= 0.6 is 0 Å². The van der Waals surface area contributed by atoms with Crippen LogP contribution in [-0.2, 0) is 4.79 Å². The fourth-order valence-corrected chi connectivity index (χ4v) is 6.69. The SMILES string of the molecule is C1=Cc2nc1c(-c1ccccc1)c1ccc([n-]1)c(-c1ccccc1)c1nc(c(-c3ccccc3)c3ccc([n-]3)c2-c2ccccc2)C=C1.CC(=O)O.[Gd+2]. The molecule has 6 nitrogen and oxygen atoms in total. The predicted octanol–water partition coefficient (Wildman–Crippen LogP) is 10.7. The predicted molar refractivity (Wildman–Crippen MR) is 212 cm³/mol. The zero-order valence-electron chi connectivity index (χ0n) is 28.7. The van der Waals surface area contributed by atoms with Crippen molar-refractivity contribution >= 4 is 52.3 Å². The van der Waals surface area contributed by atoms with Gasteiger partial charge in [0.25, 0.3) is 5.97 Å². The van der Waals surface area contributed by atoms with E-state index in [-0.39, 0.29) is 39.9 Å². The van der Waals surface area contributed by atoms with Gasteiger partial charge >= 0.3 is 39.9 Å². The second-order valence-corrected chi connectivity index (χ2v) is 12.3. The van der Waals surface area contributed by atoms with E-state index in [4.69, 9.17) is 29.8 Å². The molecule has 0 amide bonds. The van der Waals surface area contributed by atoms with Crippen LogP contribution in [0.15, 0.2) is 146 Å². The number of nitrogens with zero attached hydrogens (tertiary/aromatic N) is 4. The minimum atomic E-state index is -0.833.